The Morgan fingerprint density at radius 3 is 1.27 bits per heavy atom. The van der Waals surface area contributed by atoms with Crippen molar-refractivity contribution < 1.29 is 14.9 Å². The molecule has 0 spiro atoms. The molecule has 0 aliphatic carbocycles. The molecule has 0 aromatic rings. The average Bonchev–Trinajstić information content (AvgIpc) is 2.30. The zero-order chi connectivity index (χ0) is 12.4. The highest BCUT2D eigenvalue weighted by Crippen LogP contribution is 1.68. The molecule has 0 aliphatic heterocycles. The largest absolute Gasteiger partial charge is 0.394 e. The van der Waals surface area contributed by atoms with Crippen LogP contribution in [0.3, 0.4) is 0 Å². The van der Waals surface area contributed by atoms with Crippen LogP contribution in [0.1, 0.15) is 26.7 Å². The molecule has 0 heterocycles. The molecular weight excluding hydrogens is 196 g/mol. The van der Waals surface area contributed by atoms with Crippen LogP contribution in [0.4, 0.5) is 0 Å². The third-order valence-electron chi connectivity index (χ3n) is 1.05. The Labute approximate surface area is 93.4 Å². The molecule has 0 rings (SSSR count). The van der Waals surface area contributed by atoms with Crippen LogP contribution in [-0.4, -0.2) is 49.7 Å². The van der Waals surface area contributed by atoms with Crippen LogP contribution < -0.4 is 11.5 Å². The van der Waals surface area contributed by atoms with Gasteiger partial charge in [-0.1, -0.05) is 13.8 Å². The normalized spacial score (nSPS) is 8.40. The third-order valence-corrected chi connectivity index (χ3v) is 1.05. The molecule has 5 nitrogen and oxygen atoms in total. The van der Waals surface area contributed by atoms with Gasteiger partial charge in [0.15, 0.2) is 0 Å². The third kappa shape index (κ3) is 57.1. The van der Waals surface area contributed by atoms with Crippen molar-refractivity contribution in [1.82, 2.24) is 0 Å². The van der Waals surface area contributed by atoms with Gasteiger partial charge in [-0.2, -0.15) is 0 Å². The van der Waals surface area contributed by atoms with Gasteiger partial charge in [0.25, 0.3) is 0 Å². The quantitative estimate of drug-likeness (QED) is 0.464. The van der Waals surface area contributed by atoms with Crippen LogP contribution in [0.25, 0.3) is 0 Å². The lowest BCUT2D eigenvalue weighted by molar-refractivity contribution is 0.0650. The predicted octanol–water partition coefficient (Wildman–Crippen LogP) is -0.302. The van der Waals surface area contributed by atoms with Crippen molar-refractivity contribution in [1.29, 1.82) is 0 Å². The maximum absolute atomic E-state index is 8.09. The summed E-state index contributed by atoms with van der Waals surface area (Å²) in [5.74, 6) is 0. The van der Waals surface area contributed by atoms with E-state index in [0.29, 0.717) is 13.2 Å². The highest BCUT2D eigenvalue weighted by Gasteiger charge is 1.79. The number of nitrogens with two attached hydrogens (primary N) is 2. The van der Waals surface area contributed by atoms with E-state index in [9.17, 15) is 0 Å². The fraction of sp³-hybridized carbons (Fsp3) is 1.00. The van der Waals surface area contributed by atoms with E-state index in [4.69, 9.17) is 21.7 Å². The van der Waals surface area contributed by atoms with E-state index >= 15 is 0 Å². The van der Waals surface area contributed by atoms with E-state index in [1.807, 2.05) is 0 Å². The standard InChI is InChI=1S/C4H10O3.2C3H9N/c5-1-3-7-4-2-6;2*1-2-3-4/h5-6H,1-4H2;2*2-4H2,1H3. The molecule has 0 saturated heterocycles. The van der Waals surface area contributed by atoms with Gasteiger partial charge in [0.1, 0.15) is 0 Å². The lowest BCUT2D eigenvalue weighted by Crippen LogP contribution is -2.03. The summed E-state index contributed by atoms with van der Waals surface area (Å²) in [5, 5.41) is 16.2. The Morgan fingerprint density at radius 1 is 0.867 bits per heavy atom. The van der Waals surface area contributed by atoms with Crippen LogP contribution >= 0.6 is 0 Å². The Bertz CT molecular complexity index is 63.7. The molecule has 0 aromatic carbocycles. The molecule has 0 aromatic heterocycles. The van der Waals surface area contributed by atoms with E-state index in [2.05, 4.69) is 18.6 Å². The molecule has 0 unspecified atom stereocenters. The van der Waals surface area contributed by atoms with Gasteiger partial charge >= 0.3 is 0 Å². The van der Waals surface area contributed by atoms with Gasteiger partial charge in [-0.3, -0.25) is 0 Å². The molecule has 0 atom stereocenters. The first-order valence-electron chi connectivity index (χ1n) is 5.44. The summed E-state index contributed by atoms with van der Waals surface area (Å²) in [6.45, 7) is 6.45. The first-order valence-corrected chi connectivity index (χ1v) is 5.44. The van der Waals surface area contributed by atoms with Crippen LogP contribution in [0.15, 0.2) is 0 Å². The van der Waals surface area contributed by atoms with Crippen LogP contribution in [0, 0.1) is 0 Å². The number of hydrogen-bond acceptors (Lipinski definition) is 5. The Hall–Kier alpha value is -0.200. The van der Waals surface area contributed by atoms with Gasteiger partial charge in [-0.25, -0.2) is 0 Å². The summed E-state index contributed by atoms with van der Waals surface area (Å²) in [6, 6.07) is 0. The monoisotopic (exact) mass is 224 g/mol. The van der Waals surface area contributed by atoms with Crippen LogP contribution in [-0.2, 0) is 4.74 Å². The molecule has 5 heteroatoms. The molecule has 0 aliphatic rings. The van der Waals surface area contributed by atoms with Crippen LogP contribution in [0.5, 0.6) is 0 Å². The highest BCUT2D eigenvalue weighted by molar-refractivity contribution is 4.24. The van der Waals surface area contributed by atoms with Gasteiger partial charge in [0.05, 0.1) is 26.4 Å². The van der Waals surface area contributed by atoms with E-state index in [-0.39, 0.29) is 13.2 Å². The molecule has 0 saturated carbocycles. The maximum atomic E-state index is 8.09. The molecule has 6 N–H and O–H groups in total. The minimum atomic E-state index is 0.0278. The van der Waals surface area contributed by atoms with Crippen molar-refractivity contribution in [3.05, 3.63) is 0 Å². The zero-order valence-electron chi connectivity index (χ0n) is 10.1. The first kappa shape index (κ1) is 20.2. The number of rotatable bonds is 6. The maximum Gasteiger partial charge on any atom is 0.0698 e. The molecule has 0 radical (unpaired) electrons. The van der Waals surface area contributed by atoms with Crippen molar-refractivity contribution >= 4 is 0 Å². The molecule has 15 heavy (non-hydrogen) atoms. The number of ether oxygens (including phenoxy) is 1. The van der Waals surface area contributed by atoms with Crippen molar-refractivity contribution in [2.24, 2.45) is 11.5 Å². The van der Waals surface area contributed by atoms with Gasteiger partial charge in [0.2, 0.25) is 0 Å². The summed E-state index contributed by atoms with van der Waals surface area (Å²) >= 11 is 0. The lowest BCUT2D eigenvalue weighted by Gasteiger charge is -1.94. The van der Waals surface area contributed by atoms with Gasteiger partial charge in [-0.05, 0) is 25.9 Å². The zero-order valence-corrected chi connectivity index (χ0v) is 10.1. The number of aliphatic hydroxyl groups is 2. The molecule has 0 fully saturated rings. The SMILES string of the molecule is CCCN.CCCN.OCCOCCO. The Balaban J connectivity index is -0.000000155. The number of hydrogen-bond donors (Lipinski definition) is 4. The second-order valence-corrected chi connectivity index (χ2v) is 2.64. The smallest absolute Gasteiger partial charge is 0.0698 e. The molecule has 96 valence electrons. The van der Waals surface area contributed by atoms with Crippen molar-refractivity contribution in [2.75, 3.05) is 39.5 Å². The van der Waals surface area contributed by atoms with Gasteiger partial charge in [-0.15, -0.1) is 0 Å². The van der Waals surface area contributed by atoms with E-state index < -0.39 is 0 Å². The fourth-order valence-electron chi connectivity index (χ4n) is 0.231. The summed E-state index contributed by atoms with van der Waals surface area (Å²) in [7, 11) is 0. The first-order chi connectivity index (χ1) is 7.24. The van der Waals surface area contributed by atoms with E-state index in [1.165, 1.54) is 0 Å². The van der Waals surface area contributed by atoms with Crippen molar-refractivity contribution in [3.8, 4) is 0 Å². The Morgan fingerprint density at radius 2 is 1.13 bits per heavy atom. The molecule has 0 amide bonds. The van der Waals surface area contributed by atoms with Crippen molar-refractivity contribution in [2.45, 2.75) is 26.7 Å². The van der Waals surface area contributed by atoms with Crippen LogP contribution in [0.2, 0.25) is 0 Å². The highest BCUT2D eigenvalue weighted by atomic mass is 16.5. The summed E-state index contributed by atoms with van der Waals surface area (Å²) in [6.07, 6.45) is 2.19. The van der Waals surface area contributed by atoms with Gasteiger partial charge < -0.3 is 26.4 Å². The second-order valence-electron chi connectivity index (χ2n) is 2.64. The van der Waals surface area contributed by atoms with Gasteiger partial charge in [0, 0.05) is 0 Å². The van der Waals surface area contributed by atoms with Crippen molar-refractivity contribution in [3.63, 3.8) is 0 Å². The molecule has 0 bridgehead atoms. The topological polar surface area (TPSA) is 102 Å². The fourth-order valence-corrected chi connectivity index (χ4v) is 0.231. The minimum Gasteiger partial charge on any atom is -0.394 e. The lowest BCUT2D eigenvalue weighted by atomic mass is 10.5. The number of aliphatic hydroxyl groups excluding tert-OH is 2. The average molecular weight is 224 g/mol. The predicted molar refractivity (Wildman–Crippen MR) is 63.7 cm³/mol. The summed E-state index contributed by atoms with van der Waals surface area (Å²) < 4.78 is 4.63. The van der Waals surface area contributed by atoms with E-state index in [1.54, 1.807) is 0 Å². The molecular formula is C10H28N2O3. The second kappa shape index (κ2) is 29.2. The Kier molecular flexibility index (Phi) is 39.4. The minimum absolute atomic E-state index is 0.0278. The van der Waals surface area contributed by atoms with E-state index in [0.717, 1.165) is 25.9 Å². The summed E-state index contributed by atoms with van der Waals surface area (Å²) in [5.41, 5.74) is 10.1. The summed E-state index contributed by atoms with van der Waals surface area (Å²) in [4.78, 5) is 0.